The third-order valence-corrected chi connectivity index (χ3v) is 5.90. The van der Waals surface area contributed by atoms with Crippen molar-refractivity contribution in [3.63, 3.8) is 0 Å². The molecular formula is C23H29ClN2O2S. The van der Waals surface area contributed by atoms with Crippen molar-refractivity contribution in [2.45, 2.75) is 45.2 Å². The predicted molar refractivity (Wildman–Crippen MR) is 121 cm³/mol. The maximum Gasteiger partial charge on any atom is 0.242 e. The molecule has 0 heterocycles. The van der Waals surface area contributed by atoms with Crippen LogP contribution in [0.2, 0.25) is 5.02 Å². The molecule has 1 atom stereocenters. The highest BCUT2D eigenvalue weighted by atomic mass is 35.5. The molecular weight excluding hydrogens is 404 g/mol. The standard InChI is InChI=1S/C23H29ClN2O2S/c1-16(2)13-25-23(28)18(4)26(14-19-7-5-6-8-21(19)24)22(27)15-29-20-11-9-17(3)10-12-20/h5-12,16,18H,13-15H2,1-4H3,(H,25,28)/t18-/m0/s1. The van der Waals surface area contributed by atoms with E-state index >= 15 is 0 Å². The second-order valence-corrected chi connectivity index (χ2v) is 8.99. The number of benzene rings is 2. The summed E-state index contributed by atoms with van der Waals surface area (Å²) in [4.78, 5) is 28.3. The van der Waals surface area contributed by atoms with Gasteiger partial charge in [0, 0.05) is 23.0 Å². The Kier molecular flexibility index (Phi) is 9.05. The maximum atomic E-state index is 13.1. The summed E-state index contributed by atoms with van der Waals surface area (Å²) in [6.45, 7) is 8.74. The first kappa shape index (κ1) is 23.3. The summed E-state index contributed by atoms with van der Waals surface area (Å²) in [6, 6.07) is 14.9. The first-order valence-electron chi connectivity index (χ1n) is 9.78. The zero-order valence-corrected chi connectivity index (χ0v) is 19.0. The lowest BCUT2D eigenvalue weighted by Gasteiger charge is -2.29. The Hall–Kier alpha value is -1.98. The van der Waals surface area contributed by atoms with Crippen molar-refractivity contribution in [1.82, 2.24) is 10.2 Å². The minimum absolute atomic E-state index is 0.0947. The van der Waals surface area contributed by atoms with E-state index in [1.807, 2.05) is 63.2 Å². The summed E-state index contributed by atoms with van der Waals surface area (Å²) in [5.74, 6) is 0.355. The van der Waals surface area contributed by atoms with Gasteiger partial charge in [-0.25, -0.2) is 0 Å². The van der Waals surface area contributed by atoms with Crippen LogP contribution in [0, 0.1) is 12.8 Å². The summed E-state index contributed by atoms with van der Waals surface area (Å²) >= 11 is 7.78. The average molecular weight is 433 g/mol. The zero-order valence-electron chi connectivity index (χ0n) is 17.4. The summed E-state index contributed by atoms with van der Waals surface area (Å²) in [5.41, 5.74) is 2.00. The molecule has 0 aliphatic carbocycles. The van der Waals surface area contributed by atoms with Gasteiger partial charge < -0.3 is 10.2 Å². The minimum Gasteiger partial charge on any atom is -0.354 e. The number of thioether (sulfide) groups is 1. The summed E-state index contributed by atoms with van der Waals surface area (Å²) in [5, 5.41) is 3.51. The molecule has 0 saturated heterocycles. The van der Waals surface area contributed by atoms with Gasteiger partial charge in [-0.3, -0.25) is 9.59 Å². The van der Waals surface area contributed by atoms with Gasteiger partial charge in [-0.15, -0.1) is 11.8 Å². The fourth-order valence-electron chi connectivity index (χ4n) is 2.71. The SMILES string of the molecule is Cc1ccc(SCC(=O)N(Cc2ccccc2Cl)[C@@H](C)C(=O)NCC(C)C)cc1. The summed E-state index contributed by atoms with van der Waals surface area (Å²) < 4.78 is 0. The highest BCUT2D eigenvalue weighted by Gasteiger charge is 2.26. The monoisotopic (exact) mass is 432 g/mol. The van der Waals surface area contributed by atoms with Crippen LogP contribution in [0.5, 0.6) is 0 Å². The van der Waals surface area contributed by atoms with Crippen molar-refractivity contribution in [2.24, 2.45) is 5.92 Å². The van der Waals surface area contributed by atoms with Crippen LogP contribution in [0.4, 0.5) is 0 Å². The number of halogens is 1. The Morgan fingerprint density at radius 2 is 1.72 bits per heavy atom. The predicted octanol–water partition coefficient (Wildman–Crippen LogP) is 4.93. The van der Waals surface area contributed by atoms with Gasteiger partial charge in [0.25, 0.3) is 0 Å². The fourth-order valence-corrected chi connectivity index (χ4v) is 3.69. The minimum atomic E-state index is -0.587. The van der Waals surface area contributed by atoms with Crippen LogP contribution >= 0.6 is 23.4 Å². The van der Waals surface area contributed by atoms with Gasteiger partial charge in [0.15, 0.2) is 0 Å². The Morgan fingerprint density at radius 1 is 1.07 bits per heavy atom. The van der Waals surface area contributed by atoms with E-state index in [0.29, 0.717) is 24.0 Å². The molecule has 0 aromatic heterocycles. The molecule has 0 radical (unpaired) electrons. The second kappa shape index (κ2) is 11.3. The Labute approximate surface area is 183 Å². The van der Waals surface area contributed by atoms with Crippen molar-refractivity contribution in [1.29, 1.82) is 0 Å². The number of nitrogens with zero attached hydrogens (tertiary/aromatic N) is 1. The molecule has 0 saturated carbocycles. The molecule has 0 aliphatic heterocycles. The Morgan fingerprint density at radius 3 is 2.34 bits per heavy atom. The molecule has 0 unspecified atom stereocenters. The zero-order chi connectivity index (χ0) is 21.4. The van der Waals surface area contributed by atoms with E-state index in [2.05, 4.69) is 5.32 Å². The van der Waals surface area contributed by atoms with Gasteiger partial charge in [0.1, 0.15) is 6.04 Å². The second-order valence-electron chi connectivity index (χ2n) is 7.53. The molecule has 1 N–H and O–H groups in total. The lowest BCUT2D eigenvalue weighted by molar-refractivity contribution is -0.138. The van der Waals surface area contributed by atoms with E-state index in [0.717, 1.165) is 10.5 Å². The Balaban J connectivity index is 2.13. The molecule has 0 aliphatic rings. The van der Waals surface area contributed by atoms with Gasteiger partial charge in [-0.2, -0.15) is 0 Å². The number of carbonyl (C=O) groups excluding carboxylic acids is 2. The molecule has 4 nitrogen and oxygen atoms in total. The highest BCUT2D eigenvalue weighted by molar-refractivity contribution is 8.00. The molecule has 0 bridgehead atoms. The molecule has 0 fully saturated rings. The molecule has 2 amide bonds. The van der Waals surface area contributed by atoms with Crippen LogP contribution in [0.1, 0.15) is 31.9 Å². The number of hydrogen-bond acceptors (Lipinski definition) is 3. The van der Waals surface area contributed by atoms with Gasteiger partial charge in [-0.1, -0.05) is 61.3 Å². The molecule has 156 valence electrons. The van der Waals surface area contributed by atoms with E-state index in [9.17, 15) is 9.59 Å². The average Bonchev–Trinajstić information content (AvgIpc) is 2.70. The van der Waals surface area contributed by atoms with Gasteiger partial charge >= 0.3 is 0 Å². The van der Waals surface area contributed by atoms with E-state index in [-0.39, 0.29) is 17.6 Å². The number of aryl methyl sites for hydroxylation is 1. The molecule has 2 aromatic rings. The molecule has 0 spiro atoms. The van der Waals surface area contributed by atoms with Crippen LogP contribution < -0.4 is 5.32 Å². The first-order valence-corrected chi connectivity index (χ1v) is 11.1. The number of hydrogen-bond donors (Lipinski definition) is 1. The lowest BCUT2D eigenvalue weighted by Crippen LogP contribution is -2.48. The third-order valence-electron chi connectivity index (χ3n) is 4.53. The summed E-state index contributed by atoms with van der Waals surface area (Å²) in [7, 11) is 0. The van der Waals surface area contributed by atoms with Gasteiger partial charge in [0.05, 0.1) is 5.75 Å². The van der Waals surface area contributed by atoms with Crippen LogP contribution in [0.3, 0.4) is 0 Å². The van der Waals surface area contributed by atoms with Crippen molar-refractivity contribution in [3.05, 3.63) is 64.7 Å². The van der Waals surface area contributed by atoms with Gasteiger partial charge in [-0.05, 0) is 43.5 Å². The molecule has 2 rings (SSSR count). The Bertz CT molecular complexity index is 824. The van der Waals surface area contributed by atoms with Crippen LogP contribution in [-0.4, -0.2) is 35.1 Å². The van der Waals surface area contributed by atoms with Crippen molar-refractivity contribution < 1.29 is 9.59 Å². The van der Waals surface area contributed by atoms with Crippen molar-refractivity contribution >= 4 is 35.2 Å². The van der Waals surface area contributed by atoms with E-state index in [1.54, 1.807) is 17.9 Å². The third kappa shape index (κ3) is 7.41. The van der Waals surface area contributed by atoms with Crippen LogP contribution in [-0.2, 0) is 16.1 Å². The number of nitrogens with one attached hydrogen (secondary N) is 1. The normalized spacial score (nSPS) is 11.9. The smallest absolute Gasteiger partial charge is 0.242 e. The number of amides is 2. The largest absolute Gasteiger partial charge is 0.354 e. The van der Waals surface area contributed by atoms with Crippen molar-refractivity contribution in [2.75, 3.05) is 12.3 Å². The van der Waals surface area contributed by atoms with E-state index in [4.69, 9.17) is 11.6 Å². The van der Waals surface area contributed by atoms with Crippen molar-refractivity contribution in [3.8, 4) is 0 Å². The quantitative estimate of drug-likeness (QED) is 0.571. The van der Waals surface area contributed by atoms with Crippen LogP contribution in [0.15, 0.2) is 53.4 Å². The molecule has 2 aromatic carbocycles. The fraction of sp³-hybridized carbons (Fsp3) is 0.391. The van der Waals surface area contributed by atoms with Gasteiger partial charge in [0.2, 0.25) is 11.8 Å². The number of carbonyl (C=O) groups is 2. The topological polar surface area (TPSA) is 49.4 Å². The highest BCUT2D eigenvalue weighted by Crippen LogP contribution is 2.22. The lowest BCUT2D eigenvalue weighted by atomic mass is 10.1. The first-order chi connectivity index (χ1) is 13.8. The van der Waals surface area contributed by atoms with Crippen LogP contribution in [0.25, 0.3) is 0 Å². The van der Waals surface area contributed by atoms with E-state index in [1.165, 1.54) is 17.3 Å². The summed E-state index contributed by atoms with van der Waals surface area (Å²) in [6.07, 6.45) is 0. The maximum absolute atomic E-state index is 13.1. The molecule has 29 heavy (non-hydrogen) atoms. The van der Waals surface area contributed by atoms with E-state index < -0.39 is 6.04 Å². The molecule has 6 heteroatoms. The number of rotatable bonds is 9.